The summed E-state index contributed by atoms with van der Waals surface area (Å²) in [5.74, 6) is 0.898. The van der Waals surface area contributed by atoms with Gasteiger partial charge in [0.1, 0.15) is 6.10 Å². The minimum atomic E-state index is 0.429. The molecular weight excluding hydrogens is 138 g/mol. The Kier molecular flexibility index (Phi) is 1.84. The predicted octanol–water partition coefficient (Wildman–Crippen LogP) is 1.99. The van der Waals surface area contributed by atoms with E-state index in [2.05, 4.69) is 11.9 Å². The van der Waals surface area contributed by atoms with E-state index < -0.39 is 0 Å². The Morgan fingerprint density at radius 1 is 1.55 bits per heavy atom. The molecule has 0 aromatic rings. The van der Waals surface area contributed by atoms with Gasteiger partial charge in [0, 0.05) is 0 Å². The molecule has 0 aromatic heterocycles. The number of nitrogens with zero attached hydrogens (tertiary/aromatic N) is 1. The number of rotatable bonds is 1. The van der Waals surface area contributed by atoms with Crippen molar-refractivity contribution < 1.29 is 4.74 Å². The Morgan fingerprint density at radius 3 is 3.27 bits per heavy atom. The van der Waals surface area contributed by atoms with Crippen molar-refractivity contribution in [3.8, 4) is 0 Å². The highest BCUT2D eigenvalue weighted by Crippen LogP contribution is 2.32. The van der Waals surface area contributed by atoms with E-state index in [-0.39, 0.29) is 0 Å². The summed E-state index contributed by atoms with van der Waals surface area (Å²) in [5, 5.41) is 0. The molecule has 1 saturated carbocycles. The van der Waals surface area contributed by atoms with E-state index >= 15 is 0 Å². The SMILES string of the molecule is CCC1CCC2OC=NC2C1. The summed E-state index contributed by atoms with van der Waals surface area (Å²) in [5.41, 5.74) is 0. The van der Waals surface area contributed by atoms with E-state index in [0.717, 1.165) is 5.92 Å². The Bertz CT molecular complexity index is 167. The summed E-state index contributed by atoms with van der Waals surface area (Å²) in [6.45, 7) is 2.27. The molecule has 2 heteroatoms. The molecule has 0 radical (unpaired) electrons. The summed E-state index contributed by atoms with van der Waals surface area (Å²) in [6.07, 6.45) is 7.17. The molecule has 1 heterocycles. The minimum absolute atomic E-state index is 0.429. The van der Waals surface area contributed by atoms with Crippen LogP contribution in [0.4, 0.5) is 0 Å². The van der Waals surface area contributed by atoms with E-state index in [1.165, 1.54) is 25.7 Å². The van der Waals surface area contributed by atoms with Crippen LogP contribution in [0.5, 0.6) is 0 Å². The van der Waals surface area contributed by atoms with E-state index in [4.69, 9.17) is 4.74 Å². The van der Waals surface area contributed by atoms with Gasteiger partial charge in [-0.25, -0.2) is 0 Å². The fraction of sp³-hybridized carbons (Fsp3) is 0.889. The van der Waals surface area contributed by atoms with Gasteiger partial charge < -0.3 is 4.74 Å². The average Bonchev–Trinajstić information content (AvgIpc) is 2.50. The van der Waals surface area contributed by atoms with Crippen molar-refractivity contribution in [2.75, 3.05) is 0 Å². The predicted molar refractivity (Wildman–Crippen MR) is 44.8 cm³/mol. The lowest BCUT2D eigenvalue weighted by atomic mass is 9.83. The first-order valence-corrected chi connectivity index (χ1v) is 4.57. The molecule has 3 atom stereocenters. The molecular formula is C9H15NO. The highest BCUT2D eigenvalue weighted by atomic mass is 16.5. The van der Waals surface area contributed by atoms with Crippen LogP contribution in [-0.4, -0.2) is 18.5 Å². The van der Waals surface area contributed by atoms with Gasteiger partial charge >= 0.3 is 0 Å². The lowest BCUT2D eigenvalue weighted by Gasteiger charge is -2.28. The van der Waals surface area contributed by atoms with Gasteiger partial charge in [-0.1, -0.05) is 13.3 Å². The van der Waals surface area contributed by atoms with Gasteiger partial charge in [0.15, 0.2) is 6.40 Å². The molecule has 0 aromatic carbocycles. The van der Waals surface area contributed by atoms with Gasteiger partial charge in [0.25, 0.3) is 0 Å². The maximum absolute atomic E-state index is 5.36. The molecule has 62 valence electrons. The normalized spacial score (nSPS) is 41.7. The first kappa shape index (κ1) is 7.14. The van der Waals surface area contributed by atoms with Crippen molar-refractivity contribution >= 4 is 6.40 Å². The molecule has 3 unspecified atom stereocenters. The maximum Gasteiger partial charge on any atom is 0.170 e. The Balaban J connectivity index is 1.95. The third-order valence-corrected chi connectivity index (χ3v) is 2.93. The molecule has 11 heavy (non-hydrogen) atoms. The zero-order chi connectivity index (χ0) is 7.68. The quantitative estimate of drug-likeness (QED) is 0.564. The first-order valence-electron chi connectivity index (χ1n) is 4.57. The molecule has 1 aliphatic heterocycles. The average molecular weight is 153 g/mol. The van der Waals surface area contributed by atoms with Crippen molar-refractivity contribution in [2.24, 2.45) is 10.9 Å². The molecule has 0 N–H and O–H groups in total. The van der Waals surface area contributed by atoms with Crippen molar-refractivity contribution in [1.29, 1.82) is 0 Å². The van der Waals surface area contributed by atoms with Gasteiger partial charge in [0.2, 0.25) is 0 Å². The smallest absolute Gasteiger partial charge is 0.170 e. The van der Waals surface area contributed by atoms with Crippen LogP contribution in [0.1, 0.15) is 32.6 Å². The van der Waals surface area contributed by atoms with Crippen LogP contribution < -0.4 is 0 Å². The fourth-order valence-electron chi connectivity index (χ4n) is 2.08. The highest BCUT2D eigenvalue weighted by Gasteiger charge is 2.32. The summed E-state index contributed by atoms with van der Waals surface area (Å²) >= 11 is 0. The number of aliphatic imine (C=N–C) groups is 1. The highest BCUT2D eigenvalue weighted by molar-refractivity contribution is 5.50. The van der Waals surface area contributed by atoms with E-state index in [1.54, 1.807) is 6.40 Å². The summed E-state index contributed by atoms with van der Waals surface area (Å²) in [4.78, 5) is 4.31. The summed E-state index contributed by atoms with van der Waals surface area (Å²) in [7, 11) is 0. The third kappa shape index (κ3) is 1.26. The third-order valence-electron chi connectivity index (χ3n) is 2.93. The van der Waals surface area contributed by atoms with Crippen LogP contribution in [-0.2, 0) is 4.74 Å². The van der Waals surface area contributed by atoms with E-state index in [9.17, 15) is 0 Å². The molecule has 0 saturated heterocycles. The molecule has 1 aliphatic carbocycles. The van der Waals surface area contributed by atoms with Crippen LogP contribution >= 0.6 is 0 Å². The molecule has 0 bridgehead atoms. The Labute approximate surface area is 67.7 Å². The molecule has 1 fully saturated rings. The van der Waals surface area contributed by atoms with Gasteiger partial charge in [-0.15, -0.1) is 0 Å². The van der Waals surface area contributed by atoms with Crippen LogP contribution in [0.3, 0.4) is 0 Å². The molecule has 0 spiro atoms. The minimum Gasteiger partial charge on any atom is -0.478 e. The standard InChI is InChI=1S/C9H15NO/c1-2-7-3-4-9-8(5-7)10-6-11-9/h6-9H,2-5H2,1H3. The number of ether oxygens (including phenoxy) is 1. The van der Waals surface area contributed by atoms with Crippen molar-refractivity contribution in [2.45, 2.75) is 44.8 Å². The number of hydrogen-bond donors (Lipinski definition) is 0. The van der Waals surface area contributed by atoms with Crippen LogP contribution in [0.15, 0.2) is 4.99 Å². The number of fused-ring (bicyclic) bond motifs is 1. The first-order chi connectivity index (χ1) is 5.40. The van der Waals surface area contributed by atoms with Crippen molar-refractivity contribution in [1.82, 2.24) is 0 Å². The monoisotopic (exact) mass is 153 g/mol. The van der Waals surface area contributed by atoms with Crippen LogP contribution in [0, 0.1) is 5.92 Å². The van der Waals surface area contributed by atoms with E-state index in [1.807, 2.05) is 0 Å². The lowest BCUT2D eigenvalue weighted by molar-refractivity contribution is 0.131. The molecule has 2 rings (SSSR count). The van der Waals surface area contributed by atoms with Gasteiger partial charge in [-0.05, 0) is 25.2 Å². The van der Waals surface area contributed by atoms with Crippen LogP contribution in [0.25, 0.3) is 0 Å². The lowest BCUT2D eigenvalue weighted by Crippen LogP contribution is -2.30. The van der Waals surface area contributed by atoms with Gasteiger partial charge in [-0.3, -0.25) is 4.99 Å². The zero-order valence-electron chi connectivity index (χ0n) is 6.99. The van der Waals surface area contributed by atoms with Gasteiger partial charge in [-0.2, -0.15) is 0 Å². The van der Waals surface area contributed by atoms with Crippen molar-refractivity contribution in [3.05, 3.63) is 0 Å². The number of hydrogen-bond acceptors (Lipinski definition) is 2. The molecule has 2 nitrogen and oxygen atoms in total. The van der Waals surface area contributed by atoms with Crippen molar-refractivity contribution in [3.63, 3.8) is 0 Å². The maximum atomic E-state index is 5.36. The summed E-state index contributed by atoms with van der Waals surface area (Å²) in [6, 6.07) is 0.494. The second-order valence-corrected chi connectivity index (χ2v) is 3.58. The second-order valence-electron chi connectivity index (χ2n) is 3.58. The van der Waals surface area contributed by atoms with Gasteiger partial charge in [0.05, 0.1) is 6.04 Å². The van der Waals surface area contributed by atoms with E-state index in [0.29, 0.717) is 12.1 Å². The van der Waals surface area contributed by atoms with Crippen LogP contribution in [0.2, 0.25) is 0 Å². The Morgan fingerprint density at radius 2 is 2.45 bits per heavy atom. The zero-order valence-corrected chi connectivity index (χ0v) is 6.99. The largest absolute Gasteiger partial charge is 0.478 e. The molecule has 2 aliphatic rings. The molecule has 0 amide bonds. The summed E-state index contributed by atoms with van der Waals surface area (Å²) < 4.78 is 5.36. The fourth-order valence-corrected chi connectivity index (χ4v) is 2.08. The Hall–Kier alpha value is -0.530. The second kappa shape index (κ2) is 2.84. The topological polar surface area (TPSA) is 21.6 Å².